The number of nitrogens with zero attached hydrogens (tertiary/aromatic N) is 3. The van der Waals surface area contributed by atoms with Gasteiger partial charge in [-0.15, -0.1) is 0 Å². The fourth-order valence-electron chi connectivity index (χ4n) is 3.96. The average Bonchev–Trinajstić information content (AvgIpc) is 3.17. The van der Waals surface area contributed by atoms with Crippen LogP contribution in [0.2, 0.25) is 0 Å². The highest BCUT2D eigenvalue weighted by atomic mass is 32.2. The van der Waals surface area contributed by atoms with Gasteiger partial charge < -0.3 is 15.6 Å². The van der Waals surface area contributed by atoms with E-state index >= 15 is 0 Å². The number of nitrogens with one attached hydrogen (secondary N) is 2. The summed E-state index contributed by atoms with van der Waals surface area (Å²) in [6.45, 7) is 7.58. The molecule has 0 atom stereocenters. The van der Waals surface area contributed by atoms with Gasteiger partial charge in [-0.05, 0) is 48.7 Å². The maximum absolute atomic E-state index is 12.6. The van der Waals surface area contributed by atoms with Crippen LogP contribution in [-0.4, -0.2) is 35.4 Å². The van der Waals surface area contributed by atoms with Crippen molar-refractivity contribution >= 4 is 38.5 Å². The third-order valence-corrected chi connectivity index (χ3v) is 7.27. The van der Waals surface area contributed by atoms with Crippen LogP contribution < -0.4 is 15.8 Å². The molecule has 10 heteroatoms. The van der Waals surface area contributed by atoms with Gasteiger partial charge in [0.25, 0.3) is 5.91 Å². The molecule has 9 nitrogen and oxygen atoms in total. The van der Waals surface area contributed by atoms with E-state index in [2.05, 4.69) is 26.6 Å². The van der Waals surface area contributed by atoms with Crippen molar-refractivity contribution in [2.75, 3.05) is 17.6 Å². The fourth-order valence-corrected chi connectivity index (χ4v) is 5.10. The van der Waals surface area contributed by atoms with Gasteiger partial charge in [0, 0.05) is 30.4 Å². The maximum Gasteiger partial charge on any atom is 0.250 e. The highest BCUT2D eigenvalue weighted by Gasteiger charge is 2.22. The van der Waals surface area contributed by atoms with E-state index in [1.54, 1.807) is 31.2 Å². The number of benzene rings is 2. The van der Waals surface area contributed by atoms with E-state index in [9.17, 15) is 13.2 Å². The molecule has 1 amide bonds. The Morgan fingerprint density at radius 3 is 2.31 bits per heavy atom. The van der Waals surface area contributed by atoms with Gasteiger partial charge in [-0.3, -0.25) is 4.79 Å². The Labute approximate surface area is 210 Å². The number of aromatic nitrogens is 3. The summed E-state index contributed by atoms with van der Waals surface area (Å²) in [5.41, 5.74) is 11.2. The van der Waals surface area contributed by atoms with Crippen molar-refractivity contribution in [1.29, 1.82) is 0 Å². The average molecular weight is 505 g/mol. The topological polar surface area (TPSA) is 132 Å². The number of hydrogen-bond donors (Lipinski definition) is 3. The SMILES string of the molecule is C=C(C)C(=O)Nc1ccc(-c2c(-c3ccc(S(=O)(=O)NCCC)cc3)c3c(N)ncnc3n2C)cc1. The summed E-state index contributed by atoms with van der Waals surface area (Å²) in [6.07, 6.45) is 2.11. The Morgan fingerprint density at radius 1 is 1.06 bits per heavy atom. The number of carbonyl (C=O) groups is 1. The molecule has 2 aromatic carbocycles. The molecule has 0 radical (unpaired) electrons. The van der Waals surface area contributed by atoms with E-state index in [4.69, 9.17) is 5.73 Å². The summed E-state index contributed by atoms with van der Waals surface area (Å²) >= 11 is 0. The summed E-state index contributed by atoms with van der Waals surface area (Å²) in [5.74, 6) is 0.0723. The third-order valence-electron chi connectivity index (χ3n) is 5.80. The van der Waals surface area contributed by atoms with Gasteiger partial charge in [0.05, 0.1) is 16.0 Å². The summed E-state index contributed by atoms with van der Waals surface area (Å²) in [5, 5.41) is 3.48. The third kappa shape index (κ3) is 4.73. The smallest absolute Gasteiger partial charge is 0.250 e. The predicted molar refractivity (Wildman–Crippen MR) is 143 cm³/mol. The van der Waals surface area contributed by atoms with Crippen molar-refractivity contribution < 1.29 is 13.2 Å². The number of aryl methyl sites for hydroxylation is 1. The molecule has 0 fully saturated rings. The lowest BCUT2D eigenvalue weighted by molar-refractivity contribution is -0.112. The number of hydrogen-bond acceptors (Lipinski definition) is 6. The van der Waals surface area contributed by atoms with Gasteiger partial charge in [0.1, 0.15) is 17.8 Å². The van der Waals surface area contributed by atoms with Crippen LogP contribution in [0, 0.1) is 0 Å². The normalized spacial score (nSPS) is 11.5. The first-order chi connectivity index (χ1) is 17.1. The van der Waals surface area contributed by atoms with Gasteiger partial charge in [-0.25, -0.2) is 23.1 Å². The summed E-state index contributed by atoms with van der Waals surface area (Å²) in [6, 6.07) is 14.1. The number of fused-ring (bicyclic) bond motifs is 1. The zero-order valence-corrected chi connectivity index (χ0v) is 21.2. The van der Waals surface area contributed by atoms with Crippen molar-refractivity contribution in [3.05, 3.63) is 67.0 Å². The van der Waals surface area contributed by atoms with E-state index < -0.39 is 10.0 Å². The molecule has 0 aliphatic carbocycles. The molecular weight excluding hydrogens is 476 g/mol. The molecule has 0 spiro atoms. The molecule has 4 rings (SSSR count). The zero-order chi connectivity index (χ0) is 26.0. The molecule has 186 valence electrons. The van der Waals surface area contributed by atoms with Crippen LogP contribution >= 0.6 is 0 Å². The monoisotopic (exact) mass is 504 g/mol. The first kappa shape index (κ1) is 25.1. The van der Waals surface area contributed by atoms with Gasteiger partial charge in [0.15, 0.2) is 0 Å². The molecule has 0 aliphatic heterocycles. The van der Waals surface area contributed by atoms with Crippen LogP contribution in [0.25, 0.3) is 33.4 Å². The molecule has 0 unspecified atom stereocenters. The van der Waals surface area contributed by atoms with Crippen LogP contribution in [0.5, 0.6) is 0 Å². The number of nitrogens with two attached hydrogens (primary N) is 1. The summed E-state index contributed by atoms with van der Waals surface area (Å²) < 4.78 is 29.6. The highest BCUT2D eigenvalue weighted by molar-refractivity contribution is 7.89. The van der Waals surface area contributed by atoms with E-state index in [0.29, 0.717) is 41.1 Å². The van der Waals surface area contributed by atoms with E-state index in [0.717, 1.165) is 22.4 Å². The number of nitrogen functional groups attached to an aromatic ring is 1. The maximum atomic E-state index is 12.6. The molecule has 4 aromatic rings. The van der Waals surface area contributed by atoms with E-state index in [1.807, 2.05) is 42.8 Å². The number of sulfonamides is 1. The minimum Gasteiger partial charge on any atom is -0.383 e. The van der Waals surface area contributed by atoms with Crippen LogP contribution in [-0.2, 0) is 21.9 Å². The summed E-state index contributed by atoms with van der Waals surface area (Å²) in [7, 11) is -1.71. The standard InChI is InChI=1S/C26H28N6O3S/c1-5-14-30-36(34,35)20-12-8-17(9-13-20)21-22-24(27)28-15-29-25(22)32(4)23(21)18-6-10-19(11-7-18)31-26(33)16(2)3/h6-13,15,30H,2,5,14H2,1,3-4H3,(H,31,33)(H2,27,28,29). The highest BCUT2D eigenvalue weighted by Crippen LogP contribution is 2.41. The number of anilines is 2. The van der Waals surface area contributed by atoms with Gasteiger partial charge >= 0.3 is 0 Å². The molecular formula is C26H28N6O3S. The Morgan fingerprint density at radius 2 is 1.69 bits per heavy atom. The molecule has 2 aromatic heterocycles. The second kappa shape index (κ2) is 9.92. The van der Waals surface area contributed by atoms with Gasteiger partial charge in [-0.2, -0.15) is 0 Å². The minimum absolute atomic E-state index is 0.184. The Hall–Kier alpha value is -4.02. The van der Waals surface area contributed by atoms with Crippen molar-refractivity contribution in [3.8, 4) is 22.4 Å². The first-order valence-corrected chi connectivity index (χ1v) is 12.9. The van der Waals surface area contributed by atoms with Gasteiger partial charge in [-0.1, -0.05) is 37.8 Å². The molecule has 2 heterocycles. The molecule has 0 bridgehead atoms. The molecule has 0 aliphatic rings. The minimum atomic E-state index is -3.60. The van der Waals surface area contributed by atoms with Crippen molar-refractivity contribution in [2.24, 2.45) is 7.05 Å². The largest absolute Gasteiger partial charge is 0.383 e. The van der Waals surface area contributed by atoms with Crippen molar-refractivity contribution in [2.45, 2.75) is 25.2 Å². The lowest BCUT2D eigenvalue weighted by Gasteiger charge is -2.11. The second-order valence-corrected chi connectivity index (χ2v) is 10.2. The zero-order valence-electron chi connectivity index (χ0n) is 20.4. The molecule has 0 saturated heterocycles. The van der Waals surface area contributed by atoms with E-state index in [1.165, 1.54) is 6.33 Å². The quantitative estimate of drug-likeness (QED) is 0.310. The first-order valence-electron chi connectivity index (χ1n) is 11.4. The fraction of sp³-hybridized carbons (Fsp3) is 0.192. The summed E-state index contributed by atoms with van der Waals surface area (Å²) in [4.78, 5) is 20.8. The Kier molecular flexibility index (Phi) is 6.91. The molecule has 0 saturated carbocycles. The number of amides is 1. The number of rotatable bonds is 8. The molecule has 36 heavy (non-hydrogen) atoms. The van der Waals surface area contributed by atoms with Crippen LogP contribution in [0.4, 0.5) is 11.5 Å². The second-order valence-electron chi connectivity index (χ2n) is 8.47. The lowest BCUT2D eigenvalue weighted by Crippen LogP contribution is -2.24. The van der Waals surface area contributed by atoms with Crippen LogP contribution in [0.3, 0.4) is 0 Å². The number of carbonyl (C=O) groups excluding carboxylic acids is 1. The van der Waals surface area contributed by atoms with E-state index in [-0.39, 0.29) is 10.8 Å². The van der Waals surface area contributed by atoms with Gasteiger partial charge in [0.2, 0.25) is 10.0 Å². The van der Waals surface area contributed by atoms with Crippen molar-refractivity contribution in [1.82, 2.24) is 19.3 Å². The van der Waals surface area contributed by atoms with Crippen LogP contribution in [0.1, 0.15) is 20.3 Å². The molecule has 4 N–H and O–H groups in total. The Bertz CT molecular complexity index is 1560. The Balaban J connectivity index is 1.84. The van der Waals surface area contributed by atoms with Crippen molar-refractivity contribution in [3.63, 3.8) is 0 Å². The predicted octanol–water partition coefficient (Wildman–Crippen LogP) is 4.09. The lowest BCUT2D eigenvalue weighted by atomic mass is 9.98. The van der Waals surface area contributed by atoms with Crippen LogP contribution in [0.15, 0.2) is 71.9 Å².